The SMILES string of the molecule is CCN1CCCC1c1ncc2ccccn12. The standard InChI is InChI=1S/C13H17N3/c1-2-15-8-5-7-12(15)13-14-10-11-6-3-4-9-16(11)13/h3-4,6,9-10,12H,2,5,7-8H2,1H3. The van der Waals surface area contributed by atoms with Gasteiger partial charge in [-0.2, -0.15) is 0 Å². The van der Waals surface area contributed by atoms with Gasteiger partial charge in [0.15, 0.2) is 0 Å². The van der Waals surface area contributed by atoms with Crippen LogP contribution in [0.2, 0.25) is 0 Å². The fourth-order valence-electron chi connectivity index (χ4n) is 2.71. The van der Waals surface area contributed by atoms with Crippen molar-refractivity contribution in [2.24, 2.45) is 0 Å². The summed E-state index contributed by atoms with van der Waals surface area (Å²) in [6, 6.07) is 6.76. The van der Waals surface area contributed by atoms with Crippen LogP contribution in [0.5, 0.6) is 0 Å². The molecular formula is C13H17N3. The van der Waals surface area contributed by atoms with E-state index in [1.165, 1.54) is 30.7 Å². The van der Waals surface area contributed by atoms with Crippen LogP contribution in [0.15, 0.2) is 30.6 Å². The van der Waals surface area contributed by atoms with Gasteiger partial charge in [0.1, 0.15) is 5.82 Å². The minimum Gasteiger partial charge on any atom is -0.302 e. The van der Waals surface area contributed by atoms with E-state index in [1.54, 1.807) is 0 Å². The Balaban J connectivity index is 2.05. The summed E-state index contributed by atoms with van der Waals surface area (Å²) in [7, 11) is 0. The first-order chi connectivity index (χ1) is 7.90. The van der Waals surface area contributed by atoms with Crippen LogP contribution in [0, 0.1) is 0 Å². The molecule has 1 aliphatic rings. The molecule has 1 atom stereocenters. The zero-order chi connectivity index (χ0) is 11.0. The van der Waals surface area contributed by atoms with Crippen LogP contribution in [-0.4, -0.2) is 27.4 Å². The lowest BCUT2D eigenvalue weighted by atomic mass is 10.2. The Morgan fingerprint density at radius 3 is 3.25 bits per heavy atom. The molecule has 84 valence electrons. The van der Waals surface area contributed by atoms with Crippen molar-refractivity contribution in [3.05, 3.63) is 36.4 Å². The van der Waals surface area contributed by atoms with Crippen molar-refractivity contribution in [3.8, 4) is 0 Å². The Morgan fingerprint density at radius 2 is 2.38 bits per heavy atom. The molecule has 0 bridgehead atoms. The molecule has 0 spiro atoms. The van der Waals surface area contributed by atoms with E-state index in [9.17, 15) is 0 Å². The maximum Gasteiger partial charge on any atom is 0.130 e. The van der Waals surface area contributed by atoms with Gasteiger partial charge in [0.25, 0.3) is 0 Å². The van der Waals surface area contributed by atoms with Crippen molar-refractivity contribution < 1.29 is 0 Å². The molecule has 3 heteroatoms. The molecule has 2 aromatic heterocycles. The number of fused-ring (bicyclic) bond motifs is 1. The number of imidazole rings is 1. The maximum atomic E-state index is 4.60. The van der Waals surface area contributed by atoms with Crippen molar-refractivity contribution in [1.82, 2.24) is 14.3 Å². The number of rotatable bonds is 2. The van der Waals surface area contributed by atoms with E-state index in [0.29, 0.717) is 6.04 Å². The quantitative estimate of drug-likeness (QED) is 0.767. The zero-order valence-electron chi connectivity index (χ0n) is 9.63. The van der Waals surface area contributed by atoms with Crippen molar-refractivity contribution in [2.75, 3.05) is 13.1 Å². The number of likely N-dealkylation sites (tertiary alicyclic amines) is 1. The normalized spacial score (nSPS) is 21.9. The van der Waals surface area contributed by atoms with E-state index < -0.39 is 0 Å². The average Bonchev–Trinajstić information content (AvgIpc) is 2.94. The predicted molar refractivity (Wildman–Crippen MR) is 64.4 cm³/mol. The smallest absolute Gasteiger partial charge is 0.130 e. The molecule has 0 radical (unpaired) electrons. The third-order valence-corrected chi connectivity index (χ3v) is 3.54. The minimum absolute atomic E-state index is 0.509. The summed E-state index contributed by atoms with van der Waals surface area (Å²) in [4.78, 5) is 7.11. The Hall–Kier alpha value is -1.35. The highest BCUT2D eigenvalue weighted by atomic mass is 15.2. The monoisotopic (exact) mass is 215 g/mol. The molecule has 0 amide bonds. The Morgan fingerprint density at radius 1 is 1.44 bits per heavy atom. The zero-order valence-corrected chi connectivity index (χ0v) is 9.63. The molecule has 1 saturated heterocycles. The van der Waals surface area contributed by atoms with Crippen molar-refractivity contribution in [3.63, 3.8) is 0 Å². The first-order valence-corrected chi connectivity index (χ1v) is 6.06. The minimum atomic E-state index is 0.509. The van der Waals surface area contributed by atoms with Crippen molar-refractivity contribution in [2.45, 2.75) is 25.8 Å². The molecule has 16 heavy (non-hydrogen) atoms. The maximum absolute atomic E-state index is 4.60. The van der Waals surface area contributed by atoms with Crippen LogP contribution in [-0.2, 0) is 0 Å². The van der Waals surface area contributed by atoms with Crippen molar-refractivity contribution >= 4 is 5.52 Å². The van der Waals surface area contributed by atoms with Gasteiger partial charge in [-0.15, -0.1) is 0 Å². The highest BCUT2D eigenvalue weighted by Crippen LogP contribution is 2.30. The first-order valence-electron chi connectivity index (χ1n) is 6.06. The second-order valence-corrected chi connectivity index (χ2v) is 4.40. The van der Waals surface area contributed by atoms with Gasteiger partial charge in [0.05, 0.1) is 17.8 Å². The van der Waals surface area contributed by atoms with E-state index in [-0.39, 0.29) is 0 Å². The Kier molecular flexibility index (Phi) is 2.40. The van der Waals surface area contributed by atoms with Crippen LogP contribution >= 0.6 is 0 Å². The molecule has 1 fully saturated rings. The largest absolute Gasteiger partial charge is 0.302 e. The van der Waals surface area contributed by atoms with Crippen LogP contribution in [0.1, 0.15) is 31.6 Å². The second-order valence-electron chi connectivity index (χ2n) is 4.40. The first kappa shape index (κ1) is 9.85. The van der Waals surface area contributed by atoms with E-state index in [1.807, 2.05) is 6.20 Å². The van der Waals surface area contributed by atoms with E-state index >= 15 is 0 Å². The molecule has 1 unspecified atom stereocenters. The fraction of sp³-hybridized carbons (Fsp3) is 0.462. The van der Waals surface area contributed by atoms with Gasteiger partial charge in [-0.3, -0.25) is 4.90 Å². The third-order valence-electron chi connectivity index (χ3n) is 3.54. The molecule has 0 aliphatic carbocycles. The Labute approximate surface area is 95.7 Å². The molecule has 1 aliphatic heterocycles. The highest BCUT2D eigenvalue weighted by molar-refractivity contribution is 5.45. The second kappa shape index (κ2) is 3.91. The van der Waals surface area contributed by atoms with Crippen molar-refractivity contribution in [1.29, 1.82) is 0 Å². The predicted octanol–water partition coefficient (Wildman–Crippen LogP) is 2.49. The lowest BCUT2D eigenvalue weighted by molar-refractivity contribution is 0.261. The summed E-state index contributed by atoms with van der Waals surface area (Å²) < 4.78 is 2.22. The van der Waals surface area contributed by atoms with E-state index in [4.69, 9.17) is 0 Å². The van der Waals surface area contributed by atoms with Crippen LogP contribution in [0.25, 0.3) is 5.52 Å². The molecule has 0 N–H and O–H groups in total. The summed E-state index contributed by atoms with van der Waals surface area (Å²) >= 11 is 0. The lowest BCUT2D eigenvalue weighted by Gasteiger charge is -2.21. The van der Waals surface area contributed by atoms with Gasteiger partial charge in [-0.25, -0.2) is 4.98 Å². The van der Waals surface area contributed by atoms with Gasteiger partial charge in [-0.05, 0) is 38.1 Å². The Bertz CT molecular complexity index is 489. The van der Waals surface area contributed by atoms with E-state index in [0.717, 1.165) is 6.54 Å². The number of pyridine rings is 1. The van der Waals surface area contributed by atoms with Gasteiger partial charge in [0, 0.05) is 6.20 Å². The summed E-state index contributed by atoms with van der Waals surface area (Å²) in [5.74, 6) is 1.20. The summed E-state index contributed by atoms with van der Waals surface area (Å²) in [5.41, 5.74) is 1.19. The molecule has 2 aromatic rings. The lowest BCUT2D eigenvalue weighted by Crippen LogP contribution is -2.24. The number of aromatic nitrogens is 2. The highest BCUT2D eigenvalue weighted by Gasteiger charge is 2.27. The number of hydrogen-bond acceptors (Lipinski definition) is 2. The molecular weight excluding hydrogens is 198 g/mol. The molecule has 3 rings (SSSR count). The van der Waals surface area contributed by atoms with Crippen LogP contribution in [0.4, 0.5) is 0 Å². The number of hydrogen-bond donors (Lipinski definition) is 0. The number of nitrogens with zero attached hydrogens (tertiary/aromatic N) is 3. The average molecular weight is 215 g/mol. The van der Waals surface area contributed by atoms with Gasteiger partial charge < -0.3 is 4.40 Å². The molecule has 3 nitrogen and oxygen atoms in total. The summed E-state index contributed by atoms with van der Waals surface area (Å²) in [6.07, 6.45) is 6.62. The van der Waals surface area contributed by atoms with Gasteiger partial charge >= 0.3 is 0 Å². The van der Waals surface area contributed by atoms with Crippen LogP contribution in [0.3, 0.4) is 0 Å². The van der Waals surface area contributed by atoms with Gasteiger partial charge in [0.2, 0.25) is 0 Å². The summed E-state index contributed by atoms with van der Waals surface area (Å²) in [6.45, 7) is 4.56. The van der Waals surface area contributed by atoms with E-state index in [2.05, 4.69) is 45.6 Å². The molecule has 0 saturated carbocycles. The third kappa shape index (κ3) is 1.43. The molecule has 3 heterocycles. The fourth-order valence-corrected chi connectivity index (χ4v) is 2.71. The topological polar surface area (TPSA) is 20.5 Å². The van der Waals surface area contributed by atoms with Gasteiger partial charge in [-0.1, -0.05) is 13.0 Å². The van der Waals surface area contributed by atoms with Crippen LogP contribution < -0.4 is 0 Å². The molecule has 0 aromatic carbocycles. The summed E-state index contributed by atoms with van der Waals surface area (Å²) in [5, 5.41) is 0.